The Bertz CT molecular complexity index is 582. The topological polar surface area (TPSA) is 28.0 Å². The van der Waals surface area contributed by atoms with Crippen LogP contribution >= 0.6 is 0 Å². The first-order chi connectivity index (χ1) is 11.3. The number of rotatable bonds is 3. The van der Waals surface area contributed by atoms with Gasteiger partial charge in [-0.3, -0.25) is 4.90 Å². The Morgan fingerprint density at radius 3 is 1.87 bits per heavy atom. The smallest absolute Gasteiger partial charge is 0.329 e. The summed E-state index contributed by atoms with van der Waals surface area (Å²) in [6, 6.07) is 19.8. The zero-order valence-corrected chi connectivity index (χ0v) is 13.6. The number of likely N-dealkylation sites (N-methyl/N-ethyl adjacent to an activating group) is 1. The molecule has 2 aromatic rings. The molecule has 1 aliphatic heterocycles. The van der Waals surface area contributed by atoms with Gasteiger partial charge in [0.25, 0.3) is 0 Å². The normalized spacial score (nSPS) is 15.4. The fraction of sp³-hybridized carbons (Fsp3) is 0.316. The van der Waals surface area contributed by atoms with Crippen molar-refractivity contribution in [2.75, 3.05) is 37.6 Å². The van der Waals surface area contributed by atoms with E-state index in [1.54, 1.807) is 4.90 Å². The van der Waals surface area contributed by atoms with Gasteiger partial charge in [0.05, 0.1) is 44.1 Å². The third-order valence-electron chi connectivity index (χ3n) is 4.46. The van der Waals surface area contributed by atoms with Crippen molar-refractivity contribution in [2.24, 2.45) is 0 Å². The second-order valence-electron chi connectivity index (χ2n) is 5.88. The van der Waals surface area contributed by atoms with E-state index in [1.807, 2.05) is 70.5 Å². The number of carbonyl (C=O) groups is 1. The van der Waals surface area contributed by atoms with Crippen molar-refractivity contribution in [3.05, 3.63) is 60.7 Å². The fourth-order valence-corrected chi connectivity index (χ4v) is 3.03. The van der Waals surface area contributed by atoms with Crippen LogP contribution in [0.3, 0.4) is 0 Å². The van der Waals surface area contributed by atoms with Crippen molar-refractivity contribution < 1.29 is 9.69 Å². The van der Waals surface area contributed by atoms with Crippen LogP contribution in [0, 0.1) is 0 Å². The lowest BCUT2D eigenvalue weighted by Gasteiger charge is -2.35. The van der Waals surface area contributed by atoms with Gasteiger partial charge in [-0.2, -0.15) is 0 Å². The molecule has 1 heterocycles. The van der Waals surface area contributed by atoms with Gasteiger partial charge in [-0.05, 0) is 31.2 Å². The quantitative estimate of drug-likeness (QED) is 0.924. The van der Waals surface area contributed by atoms with Gasteiger partial charge in [0, 0.05) is 0 Å². The van der Waals surface area contributed by atoms with Gasteiger partial charge in [0.1, 0.15) is 0 Å². The predicted molar refractivity (Wildman–Crippen MR) is 93.2 cm³/mol. The fourth-order valence-electron chi connectivity index (χ4n) is 3.03. The number of quaternary nitrogens is 1. The highest BCUT2D eigenvalue weighted by Gasteiger charge is 2.28. The van der Waals surface area contributed by atoms with E-state index < -0.39 is 0 Å². The standard InChI is InChI=1S/C19H23N3O/c1-2-20-13-15-21(16-14-20)19(23)22(17-9-5-3-6-10-17)18-11-7-4-8-12-18/h3-12H,2,13-16H2,1H3/p+1. The highest BCUT2D eigenvalue weighted by Crippen LogP contribution is 2.26. The summed E-state index contributed by atoms with van der Waals surface area (Å²) in [5, 5.41) is 0. The van der Waals surface area contributed by atoms with Crippen LogP contribution in [0.2, 0.25) is 0 Å². The van der Waals surface area contributed by atoms with E-state index >= 15 is 0 Å². The SMILES string of the molecule is CC[NH+]1CCN(C(=O)N(c2ccccc2)c2ccccc2)CC1. The van der Waals surface area contributed by atoms with Crippen molar-refractivity contribution in [3.8, 4) is 0 Å². The molecular formula is C19H24N3O+. The zero-order valence-electron chi connectivity index (χ0n) is 13.6. The summed E-state index contributed by atoms with van der Waals surface area (Å²) < 4.78 is 0. The van der Waals surface area contributed by atoms with Crippen LogP contribution in [0.15, 0.2) is 60.7 Å². The van der Waals surface area contributed by atoms with Crippen molar-refractivity contribution in [2.45, 2.75) is 6.92 Å². The summed E-state index contributed by atoms with van der Waals surface area (Å²) in [6.07, 6.45) is 0. The van der Waals surface area contributed by atoms with E-state index in [0.29, 0.717) is 0 Å². The van der Waals surface area contributed by atoms with Gasteiger partial charge in [-0.15, -0.1) is 0 Å². The second-order valence-corrected chi connectivity index (χ2v) is 5.88. The van der Waals surface area contributed by atoms with Gasteiger partial charge in [-0.25, -0.2) is 4.79 Å². The molecular weight excluding hydrogens is 286 g/mol. The Morgan fingerprint density at radius 1 is 0.957 bits per heavy atom. The third-order valence-corrected chi connectivity index (χ3v) is 4.46. The summed E-state index contributed by atoms with van der Waals surface area (Å²) in [6.45, 7) is 7.02. The molecule has 0 atom stereocenters. The average Bonchev–Trinajstić information content (AvgIpc) is 2.64. The molecule has 23 heavy (non-hydrogen) atoms. The molecule has 1 saturated heterocycles. The van der Waals surface area contributed by atoms with E-state index in [4.69, 9.17) is 0 Å². The number of hydrogen-bond acceptors (Lipinski definition) is 1. The Labute approximate surface area is 137 Å². The maximum absolute atomic E-state index is 13.1. The predicted octanol–water partition coefficient (Wildman–Crippen LogP) is 2.17. The van der Waals surface area contributed by atoms with E-state index in [0.717, 1.165) is 44.1 Å². The summed E-state index contributed by atoms with van der Waals surface area (Å²) in [7, 11) is 0. The molecule has 3 rings (SSSR count). The van der Waals surface area contributed by atoms with Gasteiger partial charge >= 0.3 is 6.03 Å². The number of benzene rings is 2. The molecule has 0 bridgehead atoms. The molecule has 0 aromatic heterocycles. The number of anilines is 2. The molecule has 4 nitrogen and oxygen atoms in total. The first-order valence-corrected chi connectivity index (χ1v) is 8.32. The van der Waals surface area contributed by atoms with E-state index in [2.05, 4.69) is 6.92 Å². The highest BCUT2D eigenvalue weighted by molar-refractivity contribution is 5.99. The van der Waals surface area contributed by atoms with E-state index in [-0.39, 0.29) is 6.03 Å². The Balaban J connectivity index is 1.86. The number of nitrogens with one attached hydrogen (secondary N) is 1. The maximum atomic E-state index is 13.1. The summed E-state index contributed by atoms with van der Waals surface area (Å²) >= 11 is 0. The number of hydrogen-bond donors (Lipinski definition) is 1. The lowest BCUT2D eigenvalue weighted by molar-refractivity contribution is -0.902. The van der Waals surface area contributed by atoms with Gasteiger partial charge < -0.3 is 9.80 Å². The Morgan fingerprint density at radius 2 is 1.43 bits per heavy atom. The first kappa shape index (κ1) is 15.6. The molecule has 0 aliphatic carbocycles. The molecule has 0 spiro atoms. The van der Waals surface area contributed by atoms with Gasteiger partial charge in [0.2, 0.25) is 0 Å². The largest absolute Gasteiger partial charge is 0.332 e. The molecule has 2 aromatic carbocycles. The lowest BCUT2D eigenvalue weighted by Crippen LogP contribution is -3.14. The minimum atomic E-state index is 0.0672. The number of amides is 2. The Kier molecular flexibility index (Phi) is 4.93. The number of para-hydroxylation sites is 2. The molecule has 1 fully saturated rings. The molecule has 2 amide bonds. The van der Waals surface area contributed by atoms with Crippen molar-refractivity contribution in [3.63, 3.8) is 0 Å². The summed E-state index contributed by atoms with van der Waals surface area (Å²) in [5.74, 6) is 0. The molecule has 0 saturated carbocycles. The number of nitrogens with zero attached hydrogens (tertiary/aromatic N) is 2. The van der Waals surface area contributed by atoms with Gasteiger partial charge in [0.15, 0.2) is 0 Å². The van der Waals surface area contributed by atoms with E-state index in [9.17, 15) is 4.79 Å². The zero-order chi connectivity index (χ0) is 16.1. The number of carbonyl (C=O) groups excluding carboxylic acids is 1. The van der Waals surface area contributed by atoms with Crippen molar-refractivity contribution in [1.82, 2.24) is 4.90 Å². The second kappa shape index (κ2) is 7.29. The van der Waals surface area contributed by atoms with Crippen LogP contribution in [0.25, 0.3) is 0 Å². The molecule has 1 N–H and O–H groups in total. The third kappa shape index (κ3) is 3.54. The lowest BCUT2D eigenvalue weighted by atomic mass is 10.2. The summed E-state index contributed by atoms with van der Waals surface area (Å²) in [4.78, 5) is 18.5. The molecule has 1 aliphatic rings. The highest BCUT2D eigenvalue weighted by atomic mass is 16.2. The van der Waals surface area contributed by atoms with Crippen LogP contribution < -0.4 is 9.80 Å². The molecule has 0 radical (unpaired) electrons. The maximum Gasteiger partial charge on any atom is 0.329 e. The molecule has 4 heteroatoms. The number of piperazine rings is 1. The number of urea groups is 1. The van der Waals surface area contributed by atoms with Crippen LogP contribution in [0.1, 0.15) is 6.92 Å². The summed E-state index contributed by atoms with van der Waals surface area (Å²) in [5.41, 5.74) is 1.82. The minimum Gasteiger partial charge on any atom is -0.332 e. The van der Waals surface area contributed by atoms with Crippen LogP contribution in [-0.2, 0) is 0 Å². The van der Waals surface area contributed by atoms with Crippen molar-refractivity contribution >= 4 is 17.4 Å². The molecule has 0 unspecified atom stereocenters. The first-order valence-electron chi connectivity index (χ1n) is 8.32. The van der Waals surface area contributed by atoms with E-state index in [1.165, 1.54) is 0 Å². The monoisotopic (exact) mass is 310 g/mol. The molecule has 120 valence electrons. The van der Waals surface area contributed by atoms with Crippen LogP contribution in [-0.4, -0.2) is 43.7 Å². The average molecular weight is 310 g/mol. The minimum absolute atomic E-state index is 0.0672. The van der Waals surface area contributed by atoms with Crippen LogP contribution in [0.5, 0.6) is 0 Å². The van der Waals surface area contributed by atoms with Gasteiger partial charge in [-0.1, -0.05) is 36.4 Å². The Hall–Kier alpha value is -2.33. The van der Waals surface area contributed by atoms with Crippen molar-refractivity contribution in [1.29, 1.82) is 0 Å². The van der Waals surface area contributed by atoms with Crippen LogP contribution in [0.4, 0.5) is 16.2 Å².